The first kappa shape index (κ1) is 6.96. The van der Waals surface area contributed by atoms with Crippen LogP contribution in [0.25, 0.3) is 0 Å². The Balaban J connectivity index is 3.08. The number of hydrogen-bond donors (Lipinski definition) is 0. The molecule has 1 radical (unpaired) electrons. The van der Waals surface area contributed by atoms with Crippen LogP contribution in [0.15, 0.2) is 11.8 Å². The van der Waals surface area contributed by atoms with Gasteiger partial charge in [-0.05, 0) is 6.42 Å². The molecule has 1 heteroatoms. The molecule has 0 saturated carbocycles. The summed E-state index contributed by atoms with van der Waals surface area (Å²) in [4.78, 5) is 0. The monoisotopic (exact) mass is 113 g/mol. The van der Waals surface area contributed by atoms with Crippen molar-refractivity contribution < 1.29 is 0 Å². The van der Waals surface area contributed by atoms with E-state index >= 15 is 0 Å². The van der Waals surface area contributed by atoms with Gasteiger partial charge in [0.25, 0.3) is 0 Å². The van der Waals surface area contributed by atoms with E-state index in [0.717, 1.165) is 0 Å². The maximum atomic E-state index is 2.32. The molecule has 0 N–H and O–H groups in total. The fraction of sp³-hybridized carbons (Fsp3) is 0.667. The van der Waals surface area contributed by atoms with Gasteiger partial charge < -0.3 is 0 Å². The van der Waals surface area contributed by atoms with Crippen LogP contribution in [0.4, 0.5) is 0 Å². The standard InChI is InChI=1S/C6H13Si/c1-4-5-6-7(2)3/h5-6H,4H2,1-3H3. The van der Waals surface area contributed by atoms with Gasteiger partial charge in [-0.15, -0.1) is 5.70 Å². The zero-order valence-electron chi connectivity index (χ0n) is 5.36. The molecule has 0 nitrogen and oxygen atoms in total. The smallest absolute Gasteiger partial charge is 0.0688 e. The van der Waals surface area contributed by atoms with Crippen molar-refractivity contribution in [3.8, 4) is 0 Å². The highest BCUT2D eigenvalue weighted by Gasteiger charge is 1.81. The summed E-state index contributed by atoms with van der Waals surface area (Å²) in [6.45, 7) is 6.74. The van der Waals surface area contributed by atoms with E-state index in [1.165, 1.54) is 6.42 Å². The molecule has 0 unspecified atom stereocenters. The van der Waals surface area contributed by atoms with Crippen LogP contribution in [0.3, 0.4) is 0 Å². The Morgan fingerprint density at radius 1 is 1.43 bits per heavy atom. The lowest BCUT2D eigenvalue weighted by molar-refractivity contribution is 1.23. The maximum absolute atomic E-state index is 2.32. The first-order valence-corrected chi connectivity index (χ1v) is 5.31. The van der Waals surface area contributed by atoms with Gasteiger partial charge >= 0.3 is 0 Å². The van der Waals surface area contributed by atoms with E-state index in [9.17, 15) is 0 Å². The molecular formula is C6H13Si. The zero-order valence-corrected chi connectivity index (χ0v) is 6.36. The molecule has 41 valence electrons. The summed E-state index contributed by atoms with van der Waals surface area (Å²) in [5.74, 6) is 0. The van der Waals surface area contributed by atoms with E-state index < -0.39 is 0 Å². The summed E-state index contributed by atoms with van der Waals surface area (Å²) in [6, 6.07) is 0. The van der Waals surface area contributed by atoms with Crippen LogP contribution >= 0.6 is 0 Å². The summed E-state index contributed by atoms with van der Waals surface area (Å²) in [6.07, 6.45) is 3.43. The lowest BCUT2D eigenvalue weighted by atomic mass is 10.5. The molecule has 0 aromatic heterocycles. The summed E-state index contributed by atoms with van der Waals surface area (Å²) in [7, 11) is -0.0778. The predicted molar refractivity (Wildman–Crippen MR) is 36.9 cm³/mol. The highest BCUT2D eigenvalue weighted by Crippen LogP contribution is 1.84. The third kappa shape index (κ3) is 5.96. The fourth-order valence-corrected chi connectivity index (χ4v) is 1.06. The predicted octanol–water partition coefficient (Wildman–Crippen LogP) is 2.25. The molecule has 0 rings (SSSR count). The molecule has 0 aliphatic carbocycles. The second-order valence-electron chi connectivity index (χ2n) is 1.89. The van der Waals surface area contributed by atoms with E-state index in [4.69, 9.17) is 0 Å². The fourth-order valence-electron chi connectivity index (χ4n) is 0.354. The molecular weight excluding hydrogens is 100 g/mol. The quantitative estimate of drug-likeness (QED) is 0.482. The van der Waals surface area contributed by atoms with Gasteiger partial charge in [-0.2, -0.15) is 0 Å². The minimum absolute atomic E-state index is 0.0778. The summed E-state index contributed by atoms with van der Waals surface area (Å²) in [5.41, 5.74) is 2.32. The third-order valence-corrected chi connectivity index (χ3v) is 1.59. The van der Waals surface area contributed by atoms with Gasteiger partial charge in [0.2, 0.25) is 0 Å². The Bertz CT molecular complexity index is 55.2. The third-order valence-electron chi connectivity index (χ3n) is 0.687. The summed E-state index contributed by atoms with van der Waals surface area (Å²) in [5, 5.41) is 0. The molecule has 7 heavy (non-hydrogen) atoms. The largest absolute Gasteiger partial charge is 0.101 e. The average Bonchev–Trinajstić information content (AvgIpc) is 1.61. The van der Waals surface area contributed by atoms with Gasteiger partial charge in [-0.3, -0.25) is 0 Å². The van der Waals surface area contributed by atoms with Crippen LogP contribution in [0.5, 0.6) is 0 Å². The van der Waals surface area contributed by atoms with Crippen molar-refractivity contribution in [1.29, 1.82) is 0 Å². The van der Waals surface area contributed by atoms with Crippen molar-refractivity contribution >= 4 is 8.80 Å². The molecule has 0 amide bonds. The molecule has 0 heterocycles. The van der Waals surface area contributed by atoms with E-state index in [0.29, 0.717) is 0 Å². The average molecular weight is 113 g/mol. The molecule has 0 atom stereocenters. The van der Waals surface area contributed by atoms with Crippen molar-refractivity contribution in [2.75, 3.05) is 0 Å². The van der Waals surface area contributed by atoms with Gasteiger partial charge in [-0.25, -0.2) is 0 Å². The maximum Gasteiger partial charge on any atom is 0.0688 e. The van der Waals surface area contributed by atoms with Crippen LogP contribution in [-0.2, 0) is 0 Å². The van der Waals surface area contributed by atoms with Crippen molar-refractivity contribution in [2.24, 2.45) is 0 Å². The van der Waals surface area contributed by atoms with E-state index in [1.54, 1.807) is 0 Å². The Kier molecular flexibility index (Phi) is 4.10. The number of rotatable bonds is 2. The van der Waals surface area contributed by atoms with Crippen LogP contribution in [-0.4, -0.2) is 8.80 Å². The van der Waals surface area contributed by atoms with Gasteiger partial charge in [0, 0.05) is 0 Å². The molecule has 0 bridgehead atoms. The number of allylic oxidation sites excluding steroid dienone is 1. The van der Waals surface area contributed by atoms with Crippen LogP contribution in [0, 0.1) is 0 Å². The summed E-state index contributed by atoms with van der Waals surface area (Å²) >= 11 is 0. The van der Waals surface area contributed by atoms with E-state index in [-0.39, 0.29) is 8.80 Å². The first-order valence-electron chi connectivity index (χ1n) is 2.74. The lowest BCUT2D eigenvalue weighted by Crippen LogP contribution is -1.91. The molecule has 0 aliphatic heterocycles. The molecule has 0 fully saturated rings. The first-order chi connectivity index (χ1) is 3.27. The van der Waals surface area contributed by atoms with Crippen LogP contribution in [0.1, 0.15) is 13.3 Å². The van der Waals surface area contributed by atoms with Gasteiger partial charge in [0.1, 0.15) is 0 Å². The Morgan fingerprint density at radius 3 is 2.14 bits per heavy atom. The van der Waals surface area contributed by atoms with Crippen molar-refractivity contribution in [1.82, 2.24) is 0 Å². The van der Waals surface area contributed by atoms with E-state index in [2.05, 4.69) is 31.8 Å². The summed E-state index contributed by atoms with van der Waals surface area (Å²) < 4.78 is 0. The topological polar surface area (TPSA) is 0 Å². The molecule has 0 spiro atoms. The Morgan fingerprint density at radius 2 is 2.00 bits per heavy atom. The Hall–Kier alpha value is -0.0431. The van der Waals surface area contributed by atoms with Crippen LogP contribution in [0.2, 0.25) is 13.1 Å². The minimum atomic E-state index is -0.0778. The van der Waals surface area contributed by atoms with Crippen LogP contribution < -0.4 is 0 Å². The van der Waals surface area contributed by atoms with E-state index in [1.807, 2.05) is 0 Å². The molecule has 0 aliphatic rings. The van der Waals surface area contributed by atoms with Crippen molar-refractivity contribution in [3.05, 3.63) is 11.8 Å². The van der Waals surface area contributed by atoms with Gasteiger partial charge in [-0.1, -0.05) is 26.1 Å². The van der Waals surface area contributed by atoms with Crippen molar-refractivity contribution in [3.63, 3.8) is 0 Å². The van der Waals surface area contributed by atoms with Gasteiger partial charge in [0.05, 0.1) is 8.80 Å². The SMILES string of the molecule is CCC=C[Si](C)C. The zero-order chi connectivity index (χ0) is 5.70. The Labute approximate surface area is 47.9 Å². The number of hydrogen-bond acceptors (Lipinski definition) is 0. The second-order valence-corrected chi connectivity index (χ2v) is 4.38. The molecule has 0 saturated heterocycles. The minimum Gasteiger partial charge on any atom is -0.101 e. The molecule has 0 aromatic rings. The second kappa shape index (κ2) is 4.12. The van der Waals surface area contributed by atoms with Gasteiger partial charge in [0.15, 0.2) is 0 Å². The highest BCUT2D eigenvalue weighted by molar-refractivity contribution is 6.61. The lowest BCUT2D eigenvalue weighted by Gasteiger charge is -1.86. The molecule has 0 aromatic carbocycles. The normalized spacial score (nSPS) is 11.4. The van der Waals surface area contributed by atoms with Crippen molar-refractivity contribution in [2.45, 2.75) is 26.4 Å². The highest BCUT2D eigenvalue weighted by atomic mass is 28.3.